The Balaban J connectivity index is 1.36. The molecule has 0 saturated carbocycles. The minimum absolute atomic E-state index is 0.172. The fourth-order valence-electron chi connectivity index (χ4n) is 4.98. The quantitative estimate of drug-likeness (QED) is 0.0675. The lowest BCUT2D eigenvalue weighted by Crippen LogP contribution is -2.11. The van der Waals surface area contributed by atoms with Crippen LogP contribution in [0.2, 0.25) is 0 Å². The van der Waals surface area contributed by atoms with Crippen LogP contribution in [0.15, 0.2) is 66.7 Å². The number of carbonyl (C=O) groups is 2. The lowest BCUT2D eigenvalue weighted by Gasteiger charge is -2.11. The smallest absolute Gasteiger partial charge is 0.343 e. The van der Waals surface area contributed by atoms with E-state index >= 15 is 0 Å². The lowest BCUT2D eigenvalue weighted by molar-refractivity contribution is 0.0446. The highest BCUT2D eigenvalue weighted by Crippen LogP contribution is 2.27. The van der Waals surface area contributed by atoms with Gasteiger partial charge < -0.3 is 14.2 Å². The second-order valence-corrected chi connectivity index (χ2v) is 12.0. The van der Waals surface area contributed by atoms with Gasteiger partial charge in [-0.15, -0.1) is 0 Å². The Kier molecular flexibility index (Phi) is 16.2. The fourth-order valence-corrected chi connectivity index (χ4v) is 4.98. The van der Waals surface area contributed by atoms with Crippen LogP contribution < -0.4 is 9.47 Å². The van der Waals surface area contributed by atoms with Crippen molar-refractivity contribution in [2.45, 2.75) is 104 Å². The van der Waals surface area contributed by atoms with Gasteiger partial charge in [0, 0.05) is 5.56 Å². The molecule has 0 aliphatic rings. The average molecular weight is 619 g/mol. The summed E-state index contributed by atoms with van der Waals surface area (Å²) < 4.78 is 31.5. The topological polar surface area (TPSA) is 61.8 Å². The first kappa shape index (κ1) is 35.8. The van der Waals surface area contributed by atoms with E-state index in [4.69, 9.17) is 14.2 Å². The Morgan fingerprint density at radius 1 is 0.667 bits per heavy atom. The largest absolute Gasteiger partial charge is 0.494 e. The second kappa shape index (κ2) is 20.4. The molecule has 0 aliphatic carbocycles. The molecule has 1 unspecified atom stereocenters. The number of carbonyl (C=O) groups excluding carboxylic acids is 2. The molecule has 3 aromatic carbocycles. The van der Waals surface area contributed by atoms with Gasteiger partial charge in [-0.05, 0) is 66.4 Å². The second-order valence-electron chi connectivity index (χ2n) is 12.0. The molecule has 3 rings (SSSR count). The summed E-state index contributed by atoms with van der Waals surface area (Å²) in [6, 6.07) is 17.8. The first-order chi connectivity index (χ1) is 21.9. The van der Waals surface area contributed by atoms with Crippen LogP contribution in [0, 0.1) is 11.7 Å². The molecule has 0 amide bonds. The van der Waals surface area contributed by atoms with E-state index in [1.54, 1.807) is 60.7 Å². The van der Waals surface area contributed by atoms with Gasteiger partial charge in [-0.25, -0.2) is 14.0 Å². The van der Waals surface area contributed by atoms with Gasteiger partial charge in [-0.2, -0.15) is 0 Å². The molecule has 0 fully saturated rings. The molecular weight excluding hydrogens is 567 g/mol. The first-order valence-electron chi connectivity index (χ1n) is 16.9. The molecule has 0 N–H and O–H groups in total. The predicted octanol–water partition coefficient (Wildman–Crippen LogP) is 11.0. The number of benzene rings is 3. The van der Waals surface area contributed by atoms with Crippen LogP contribution in [0.4, 0.5) is 4.39 Å². The van der Waals surface area contributed by atoms with Crippen LogP contribution in [0.25, 0.3) is 11.1 Å². The molecule has 6 heteroatoms. The van der Waals surface area contributed by atoms with Gasteiger partial charge in [0.15, 0.2) is 0 Å². The van der Waals surface area contributed by atoms with Gasteiger partial charge in [-0.1, -0.05) is 116 Å². The highest BCUT2D eigenvalue weighted by Gasteiger charge is 2.14. The monoisotopic (exact) mass is 618 g/mol. The summed E-state index contributed by atoms with van der Waals surface area (Å²) in [5.41, 5.74) is 1.52. The molecule has 244 valence electrons. The highest BCUT2D eigenvalue weighted by molar-refractivity contribution is 5.91. The minimum atomic E-state index is -0.540. The number of halogens is 1. The van der Waals surface area contributed by atoms with Crippen molar-refractivity contribution < 1.29 is 28.2 Å². The number of hydrogen-bond acceptors (Lipinski definition) is 5. The molecule has 0 heterocycles. The molecule has 0 aliphatic heterocycles. The van der Waals surface area contributed by atoms with Crippen molar-refractivity contribution in [3.63, 3.8) is 0 Å². The van der Waals surface area contributed by atoms with Crippen LogP contribution in [-0.2, 0) is 4.74 Å². The molecule has 0 saturated heterocycles. The molecule has 0 bridgehead atoms. The maximum absolute atomic E-state index is 14.8. The summed E-state index contributed by atoms with van der Waals surface area (Å²) in [5, 5.41) is 0. The number of esters is 2. The number of rotatable bonds is 21. The number of ether oxygens (including phenoxy) is 3. The molecule has 0 radical (unpaired) electrons. The van der Waals surface area contributed by atoms with Gasteiger partial charge in [0.1, 0.15) is 17.3 Å². The first-order valence-corrected chi connectivity index (χ1v) is 16.9. The van der Waals surface area contributed by atoms with Gasteiger partial charge in [0.2, 0.25) is 0 Å². The molecule has 0 spiro atoms. The van der Waals surface area contributed by atoms with Crippen molar-refractivity contribution in [3.05, 3.63) is 83.7 Å². The van der Waals surface area contributed by atoms with E-state index in [0.29, 0.717) is 35.7 Å². The van der Waals surface area contributed by atoms with Crippen molar-refractivity contribution in [2.24, 2.45) is 5.92 Å². The standard InChI is InChI=1S/C39H51FO5/c1-4-6-7-8-9-10-11-12-13-14-15-16-27-43-34-22-19-32(20-23-34)39(42)45-35-24-17-31(18-25-35)36-26-21-33(28-37(36)40)38(41)44-29-30(3)5-2/h17-26,28,30H,4-16,27,29H2,1-3H3. The minimum Gasteiger partial charge on any atom is -0.494 e. The molecular formula is C39H51FO5. The zero-order valence-corrected chi connectivity index (χ0v) is 27.5. The Morgan fingerprint density at radius 3 is 1.80 bits per heavy atom. The highest BCUT2D eigenvalue weighted by atomic mass is 19.1. The third kappa shape index (κ3) is 13.1. The van der Waals surface area contributed by atoms with E-state index in [0.717, 1.165) is 18.6 Å². The van der Waals surface area contributed by atoms with Crippen LogP contribution in [0.1, 0.15) is 125 Å². The Morgan fingerprint density at radius 2 is 1.22 bits per heavy atom. The van der Waals surface area contributed by atoms with E-state index in [1.807, 2.05) is 13.8 Å². The van der Waals surface area contributed by atoms with Crippen molar-refractivity contribution >= 4 is 11.9 Å². The zero-order valence-electron chi connectivity index (χ0n) is 27.5. The van der Waals surface area contributed by atoms with Gasteiger partial charge in [0.25, 0.3) is 0 Å². The van der Waals surface area contributed by atoms with Crippen LogP contribution >= 0.6 is 0 Å². The molecule has 5 nitrogen and oxygen atoms in total. The molecule has 3 aromatic rings. The number of unbranched alkanes of at least 4 members (excludes halogenated alkanes) is 11. The number of hydrogen-bond donors (Lipinski definition) is 0. The van der Waals surface area contributed by atoms with Crippen molar-refractivity contribution in [3.8, 4) is 22.6 Å². The van der Waals surface area contributed by atoms with E-state index in [-0.39, 0.29) is 11.5 Å². The summed E-state index contributed by atoms with van der Waals surface area (Å²) >= 11 is 0. The summed E-state index contributed by atoms with van der Waals surface area (Å²) in [6.45, 7) is 7.24. The van der Waals surface area contributed by atoms with Crippen molar-refractivity contribution in [1.29, 1.82) is 0 Å². The Bertz CT molecular complexity index is 1290. The Labute approximate surface area is 269 Å². The van der Waals surface area contributed by atoms with Gasteiger partial charge in [0.05, 0.1) is 24.3 Å². The normalized spacial score (nSPS) is 11.6. The molecule has 1 atom stereocenters. The summed E-state index contributed by atoms with van der Waals surface area (Å²) in [4.78, 5) is 24.9. The third-order valence-electron chi connectivity index (χ3n) is 8.13. The van der Waals surface area contributed by atoms with Crippen LogP contribution in [0.5, 0.6) is 11.5 Å². The predicted molar refractivity (Wildman–Crippen MR) is 180 cm³/mol. The average Bonchev–Trinajstić information content (AvgIpc) is 3.06. The van der Waals surface area contributed by atoms with Crippen LogP contribution in [-0.4, -0.2) is 25.2 Å². The fraction of sp³-hybridized carbons (Fsp3) is 0.487. The third-order valence-corrected chi connectivity index (χ3v) is 8.13. The van der Waals surface area contributed by atoms with Crippen molar-refractivity contribution in [1.82, 2.24) is 0 Å². The summed E-state index contributed by atoms with van der Waals surface area (Å²) in [5.74, 6) is -0.224. The van der Waals surface area contributed by atoms with Crippen LogP contribution in [0.3, 0.4) is 0 Å². The maximum atomic E-state index is 14.8. The SMILES string of the molecule is CCCCCCCCCCCCCCOc1ccc(C(=O)Oc2ccc(-c3ccc(C(=O)OCC(C)CC)cc3F)cc2)cc1. The van der Waals surface area contributed by atoms with E-state index in [9.17, 15) is 14.0 Å². The molecule has 0 aromatic heterocycles. The zero-order chi connectivity index (χ0) is 32.3. The summed E-state index contributed by atoms with van der Waals surface area (Å²) in [6.07, 6.45) is 16.6. The Hall–Kier alpha value is -3.67. The van der Waals surface area contributed by atoms with Crippen molar-refractivity contribution in [2.75, 3.05) is 13.2 Å². The van der Waals surface area contributed by atoms with E-state index in [1.165, 1.54) is 76.7 Å². The maximum Gasteiger partial charge on any atom is 0.343 e. The van der Waals surface area contributed by atoms with E-state index < -0.39 is 17.8 Å². The van der Waals surface area contributed by atoms with Gasteiger partial charge in [-0.3, -0.25) is 0 Å². The van der Waals surface area contributed by atoms with Gasteiger partial charge >= 0.3 is 11.9 Å². The summed E-state index contributed by atoms with van der Waals surface area (Å²) in [7, 11) is 0. The van der Waals surface area contributed by atoms with E-state index in [2.05, 4.69) is 6.92 Å². The lowest BCUT2D eigenvalue weighted by atomic mass is 10.0. The molecule has 45 heavy (non-hydrogen) atoms.